The summed E-state index contributed by atoms with van der Waals surface area (Å²) in [5.41, 5.74) is -0.833. The van der Waals surface area contributed by atoms with E-state index < -0.39 is 68.9 Å². The lowest BCUT2D eigenvalue weighted by Gasteiger charge is -2.40. The van der Waals surface area contributed by atoms with E-state index in [4.69, 9.17) is 9.16 Å². The predicted molar refractivity (Wildman–Crippen MR) is 133 cm³/mol. The van der Waals surface area contributed by atoms with Crippen LogP contribution in [0.25, 0.3) is 11.2 Å². The van der Waals surface area contributed by atoms with Gasteiger partial charge in [-0.3, -0.25) is 29.3 Å². The van der Waals surface area contributed by atoms with Crippen molar-refractivity contribution >= 4 is 37.2 Å². The van der Waals surface area contributed by atoms with E-state index in [0.717, 1.165) is 0 Å². The number of imidazole rings is 1. The molecule has 4 atom stereocenters. The van der Waals surface area contributed by atoms with Gasteiger partial charge in [-0.15, -0.1) is 0 Å². The molecule has 1 aliphatic rings. The fourth-order valence-corrected chi connectivity index (χ4v) is 4.90. The number of carbonyl (C=O) groups is 2. The molecule has 212 valence electrons. The number of rotatable bonds is 7. The third-order valence-electron chi connectivity index (χ3n) is 6.79. The van der Waals surface area contributed by atoms with Crippen molar-refractivity contribution in [3.05, 3.63) is 16.7 Å². The normalized spacial score (nSPS) is 22.7. The van der Waals surface area contributed by atoms with Crippen LogP contribution in [0.2, 0.25) is 18.1 Å². The van der Waals surface area contributed by atoms with Gasteiger partial charge in [0.25, 0.3) is 5.56 Å². The van der Waals surface area contributed by atoms with E-state index >= 15 is 0 Å². The monoisotopic (exact) mass is 562 g/mol. The van der Waals surface area contributed by atoms with E-state index in [1.165, 1.54) is 10.9 Å². The standard InChI is InChI=1S/C22H33F3N6O6Si/c1-10(2)16(33)29-20-28-15-13(17(34)30-20)26-9-31(15)18-14(37-38(6,7)21(3,4)5)12(11(8-32)36-18)27-19(35)22(23,24)25/h9-12,14,18,32H,8H2,1-7H3,(H,27,35)(H2,28,29,30,33,34)/t11-,12?,14?,18-/m1/s1. The molecule has 2 aromatic heterocycles. The summed E-state index contributed by atoms with van der Waals surface area (Å²) in [5.74, 6) is -3.20. The lowest BCUT2D eigenvalue weighted by Crippen LogP contribution is -2.56. The summed E-state index contributed by atoms with van der Waals surface area (Å²) in [5, 5.41) is 14.0. The first-order valence-corrected chi connectivity index (χ1v) is 14.9. The van der Waals surface area contributed by atoms with Gasteiger partial charge in [-0.05, 0) is 18.1 Å². The fraction of sp³-hybridized carbons (Fsp3) is 0.682. The smallest absolute Gasteiger partial charge is 0.407 e. The molecule has 0 aliphatic carbocycles. The molecular formula is C22H33F3N6O6Si. The number of ether oxygens (including phenoxy) is 1. The number of aliphatic hydroxyl groups excluding tert-OH is 1. The lowest BCUT2D eigenvalue weighted by molar-refractivity contribution is -0.175. The number of aromatic amines is 1. The van der Waals surface area contributed by atoms with Crippen LogP contribution in [0, 0.1) is 5.92 Å². The summed E-state index contributed by atoms with van der Waals surface area (Å²) >= 11 is 0. The molecule has 38 heavy (non-hydrogen) atoms. The molecule has 2 amide bonds. The van der Waals surface area contributed by atoms with Gasteiger partial charge in [-0.1, -0.05) is 34.6 Å². The molecule has 2 unspecified atom stereocenters. The Morgan fingerprint density at radius 2 is 1.92 bits per heavy atom. The van der Waals surface area contributed by atoms with Crippen molar-refractivity contribution in [2.75, 3.05) is 11.9 Å². The summed E-state index contributed by atoms with van der Waals surface area (Å²) < 4.78 is 53.2. The van der Waals surface area contributed by atoms with E-state index in [1.807, 2.05) is 39.2 Å². The van der Waals surface area contributed by atoms with E-state index in [-0.39, 0.29) is 22.2 Å². The van der Waals surface area contributed by atoms with Crippen LogP contribution in [0.5, 0.6) is 0 Å². The third-order valence-corrected chi connectivity index (χ3v) is 11.3. The second kappa shape index (κ2) is 10.4. The predicted octanol–water partition coefficient (Wildman–Crippen LogP) is 2.04. The number of anilines is 1. The summed E-state index contributed by atoms with van der Waals surface area (Å²) in [6.07, 6.45) is -7.70. The van der Waals surface area contributed by atoms with Crippen molar-refractivity contribution in [2.45, 2.75) is 83.4 Å². The topological polar surface area (TPSA) is 160 Å². The van der Waals surface area contributed by atoms with Crippen molar-refractivity contribution in [3.8, 4) is 0 Å². The minimum atomic E-state index is -5.18. The highest BCUT2D eigenvalue weighted by Crippen LogP contribution is 2.42. The van der Waals surface area contributed by atoms with Gasteiger partial charge in [0.2, 0.25) is 11.9 Å². The number of carbonyl (C=O) groups excluding carboxylic acids is 2. The first kappa shape index (κ1) is 29.7. The molecule has 0 aromatic carbocycles. The first-order valence-electron chi connectivity index (χ1n) is 12.0. The van der Waals surface area contributed by atoms with Crippen LogP contribution >= 0.6 is 0 Å². The maximum Gasteiger partial charge on any atom is 0.471 e. The van der Waals surface area contributed by atoms with E-state index in [0.29, 0.717) is 0 Å². The van der Waals surface area contributed by atoms with Gasteiger partial charge in [0.05, 0.1) is 19.0 Å². The van der Waals surface area contributed by atoms with Gasteiger partial charge in [-0.2, -0.15) is 18.2 Å². The minimum Gasteiger partial charge on any atom is -0.407 e. The average Bonchev–Trinajstić information content (AvgIpc) is 3.33. The Balaban J connectivity index is 2.13. The SMILES string of the molecule is CC(C)C(=O)Nc1nc2c(ncn2[C@@H]2O[C@H](CO)C(NC(=O)C(F)(F)F)C2O[Si](C)(C)C(C)(C)C)c(=O)[nH]1. The molecule has 0 radical (unpaired) electrons. The number of alkyl halides is 3. The Bertz CT molecular complexity index is 1250. The number of halogens is 3. The molecule has 1 saturated heterocycles. The Morgan fingerprint density at radius 1 is 1.29 bits per heavy atom. The molecule has 3 heterocycles. The molecule has 16 heteroatoms. The summed E-state index contributed by atoms with van der Waals surface area (Å²) in [6, 6.07) is -1.40. The lowest BCUT2D eigenvalue weighted by atomic mass is 10.1. The highest BCUT2D eigenvalue weighted by atomic mass is 28.4. The molecule has 1 fully saturated rings. The summed E-state index contributed by atoms with van der Waals surface area (Å²) in [7, 11) is -2.70. The maximum absolute atomic E-state index is 13.2. The molecular weight excluding hydrogens is 529 g/mol. The Labute approximate surface area is 217 Å². The van der Waals surface area contributed by atoms with Gasteiger partial charge in [0.1, 0.15) is 12.2 Å². The second-order valence-corrected chi connectivity index (χ2v) is 15.7. The number of hydrogen-bond acceptors (Lipinski definition) is 8. The Morgan fingerprint density at radius 3 is 2.45 bits per heavy atom. The summed E-state index contributed by atoms with van der Waals surface area (Å²) in [6.45, 7) is 12.1. The van der Waals surface area contributed by atoms with Crippen LogP contribution in [-0.2, 0) is 18.8 Å². The third kappa shape index (κ3) is 5.92. The van der Waals surface area contributed by atoms with Gasteiger partial charge in [0, 0.05) is 5.92 Å². The van der Waals surface area contributed by atoms with Crippen LogP contribution in [0.4, 0.5) is 19.1 Å². The Hall–Kier alpha value is -2.82. The van der Waals surface area contributed by atoms with E-state index in [1.54, 1.807) is 13.8 Å². The Kier molecular flexibility index (Phi) is 8.13. The molecule has 0 spiro atoms. The largest absolute Gasteiger partial charge is 0.471 e. The number of amides is 2. The van der Waals surface area contributed by atoms with Gasteiger partial charge in [-0.25, -0.2) is 4.98 Å². The zero-order chi connectivity index (χ0) is 28.8. The van der Waals surface area contributed by atoms with Crippen molar-refractivity contribution in [1.29, 1.82) is 0 Å². The molecule has 0 bridgehead atoms. The number of nitrogens with one attached hydrogen (secondary N) is 3. The zero-order valence-corrected chi connectivity index (χ0v) is 23.1. The van der Waals surface area contributed by atoms with Gasteiger partial charge >= 0.3 is 12.1 Å². The first-order chi connectivity index (χ1) is 17.4. The number of hydrogen-bond donors (Lipinski definition) is 4. The number of aromatic nitrogens is 4. The number of aliphatic hydroxyl groups is 1. The highest BCUT2D eigenvalue weighted by molar-refractivity contribution is 6.74. The van der Waals surface area contributed by atoms with E-state index in [2.05, 4.69) is 20.3 Å². The number of H-pyrrole nitrogens is 1. The molecule has 3 rings (SSSR count). The maximum atomic E-state index is 13.2. The van der Waals surface area contributed by atoms with E-state index in [9.17, 15) is 32.7 Å². The molecule has 2 aromatic rings. The minimum absolute atomic E-state index is 0.0406. The van der Waals surface area contributed by atoms with Crippen molar-refractivity contribution in [2.24, 2.45) is 5.92 Å². The van der Waals surface area contributed by atoms with Crippen molar-refractivity contribution in [1.82, 2.24) is 24.8 Å². The molecule has 4 N–H and O–H groups in total. The van der Waals surface area contributed by atoms with Crippen LogP contribution in [0.15, 0.2) is 11.1 Å². The number of fused-ring (bicyclic) bond motifs is 1. The van der Waals surface area contributed by atoms with Crippen LogP contribution in [0.3, 0.4) is 0 Å². The fourth-order valence-electron chi connectivity index (χ4n) is 3.60. The van der Waals surface area contributed by atoms with Crippen molar-refractivity contribution < 1.29 is 37.0 Å². The molecule has 12 nitrogen and oxygen atoms in total. The van der Waals surface area contributed by atoms with Crippen LogP contribution < -0.4 is 16.2 Å². The average molecular weight is 563 g/mol. The van der Waals surface area contributed by atoms with Crippen molar-refractivity contribution in [3.63, 3.8) is 0 Å². The zero-order valence-electron chi connectivity index (χ0n) is 22.1. The van der Waals surface area contributed by atoms with Gasteiger partial charge in [0.15, 0.2) is 25.7 Å². The second-order valence-electron chi connectivity index (χ2n) is 11.0. The molecule has 0 saturated carbocycles. The molecule has 1 aliphatic heterocycles. The highest BCUT2D eigenvalue weighted by Gasteiger charge is 2.53. The quantitative estimate of drug-likeness (QED) is 0.373. The van der Waals surface area contributed by atoms with Gasteiger partial charge < -0.3 is 19.6 Å². The van der Waals surface area contributed by atoms with Crippen LogP contribution in [-0.4, -0.2) is 75.8 Å². The summed E-state index contributed by atoms with van der Waals surface area (Å²) in [4.78, 5) is 47.5. The number of nitrogens with zero attached hydrogens (tertiary/aromatic N) is 3. The van der Waals surface area contributed by atoms with Crippen LogP contribution in [0.1, 0.15) is 40.8 Å².